The van der Waals surface area contributed by atoms with Gasteiger partial charge in [-0.2, -0.15) is 13.2 Å². The van der Waals surface area contributed by atoms with Crippen molar-refractivity contribution in [2.24, 2.45) is 0 Å². The largest absolute Gasteiger partial charge is 0.455 e. The van der Waals surface area contributed by atoms with Crippen LogP contribution in [-0.2, 0) is 0 Å². The molecule has 2 aromatic carbocycles. The number of halogens is 3. The lowest BCUT2D eigenvalue weighted by Crippen LogP contribution is -2.54. The smallest absolute Gasteiger partial charge is 0.452 e. The van der Waals surface area contributed by atoms with Crippen LogP contribution in [0, 0.1) is 0 Å². The Morgan fingerprint density at radius 2 is 1.69 bits per heavy atom. The third-order valence-corrected chi connectivity index (χ3v) is 4.54. The topological polar surface area (TPSA) is 59.7 Å². The highest BCUT2D eigenvalue weighted by Gasteiger charge is 2.60. The molecule has 0 saturated carbocycles. The number of hydrogen-bond acceptors (Lipinski definition) is 4. The fourth-order valence-corrected chi connectivity index (χ4v) is 3.28. The summed E-state index contributed by atoms with van der Waals surface area (Å²) < 4.78 is 50.9. The van der Waals surface area contributed by atoms with E-state index in [-0.39, 0.29) is 22.3 Å². The highest BCUT2D eigenvalue weighted by atomic mass is 19.4. The van der Waals surface area contributed by atoms with E-state index in [1.807, 2.05) is 0 Å². The van der Waals surface area contributed by atoms with Crippen molar-refractivity contribution in [2.75, 3.05) is 0 Å². The molecule has 0 spiro atoms. The molecular formula is C19H13F3O4. The highest BCUT2D eigenvalue weighted by molar-refractivity contribution is 5.85. The van der Waals surface area contributed by atoms with E-state index < -0.39 is 29.9 Å². The molecule has 1 N–H and O–H groups in total. The number of alkyl halides is 3. The summed E-state index contributed by atoms with van der Waals surface area (Å²) in [5, 5.41) is 10.5. The summed E-state index contributed by atoms with van der Waals surface area (Å²) in [5.74, 6) is -4.72. The quantitative estimate of drug-likeness (QED) is 0.666. The average molecular weight is 362 g/mol. The molecule has 2 atom stereocenters. The first-order chi connectivity index (χ1) is 12.3. The van der Waals surface area contributed by atoms with Crippen molar-refractivity contribution in [3.63, 3.8) is 0 Å². The lowest BCUT2D eigenvalue weighted by Gasteiger charge is -2.39. The molecule has 134 valence electrons. The molecule has 26 heavy (non-hydrogen) atoms. The monoisotopic (exact) mass is 362 g/mol. The highest BCUT2D eigenvalue weighted by Crippen LogP contribution is 2.49. The number of benzene rings is 2. The van der Waals surface area contributed by atoms with Crippen molar-refractivity contribution in [2.45, 2.75) is 24.3 Å². The Labute approximate surface area is 145 Å². The second kappa shape index (κ2) is 5.60. The Morgan fingerprint density at radius 3 is 2.38 bits per heavy atom. The van der Waals surface area contributed by atoms with Gasteiger partial charge in [-0.1, -0.05) is 42.5 Å². The molecule has 1 aliphatic rings. The van der Waals surface area contributed by atoms with Gasteiger partial charge in [0.25, 0.3) is 0 Å². The molecule has 0 radical (unpaired) electrons. The molecule has 0 unspecified atom stereocenters. The van der Waals surface area contributed by atoms with Crippen LogP contribution in [0.15, 0.2) is 63.8 Å². The Kier molecular flexibility index (Phi) is 3.59. The number of aliphatic hydroxyl groups is 1. The van der Waals surface area contributed by atoms with Crippen molar-refractivity contribution in [1.82, 2.24) is 0 Å². The standard InChI is InChI=1S/C19H13F3O4/c20-19(21,22)18(24)10-13(11-6-2-1-3-7-11)15-16(26-18)12-8-4-5-9-14(12)25-17(15)23/h1-9,13,24H,10H2/t13-,18+/m1/s1. The van der Waals surface area contributed by atoms with E-state index >= 15 is 0 Å². The minimum Gasteiger partial charge on any atom is -0.452 e. The van der Waals surface area contributed by atoms with E-state index in [1.165, 1.54) is 12.1 Å². The van der Waals surface area contributed by atoms with Gasteiger partial charge >= 0.3 is 17.6 Å². The van der Waals surface area contributed by atoms with Crippen LogP contribution in [-0.4, -0.2) is 17.1 Å². The lowest BCUT2D eigenvalue weighted by molar-refractivity contribution is -0.341. The normalized spacial score (nSPS) is 22.7. The third-order valence-electron chi connectivity index (χ3n) is 4.54. The molecule has 4 nitrogen and oxygen atoms in total. The first kappa shape index (κ1) is 16.7. The van der Waals surface area contributed by atoms with Gasteiger partial charge < -0.3 is 14.3 Å². The predicted molar refractivity (Wildman–Crippen MR) is 87.0 cm³/mol. The minimum absolute atomic E-state index is 0.0242. The van der Waals surface area contributed by atoms with E-state index in [0.29, 0.717) is 5.56 Å². The first-order valence-electron chi connectivity index (χ1n) is 7.89. The molecule has 0 aliphatic carbocycles. The third kappa shape index (κ3) is 2.47. The van der Waals surface area contributed by atoms with Gasteiger partial charge in [0.05, 0.1) is 10.9 Å². The van der Waals surface area contributed by atoms with Crippen LogP contribution >= 0.6 is 0 Å². The van der Waals surface area contributed by atoms with Crippen molar-refractivity contribution in [1.29, 1.82) is 0 Å². The van der Waals surface area contributed by atoms with Gasteiger partial charge in [-0.15, -0.1) is 0 Å². The molecule has 0 fully saturated rings. The Hall–Kier alpha value is -2.80. The zero-order valence-corrected chi connectivity index (χ0v) is 13.3. The molecule has 7 heteroatoms. The van der Waals surface area contributed by atoms with Crippen molar-refractivity contribution in [3.8, 4) is 5.75 Å². The fraction of sp³-hybridized carbons (Fsp3) is 0.211. The fourth-order valence-electron chi connectivity index (χ4n) is 3.28. The zero-order valence-electron chi connectivity index (χ0n) is 13.3. The van der Waals surface area contributed by atoms with Crippen LogP contribution in [0.4, 0.5) is 13.2 Å². The zero-order chi connectivity index (χ0) is 18.5. The van der Waals surface area contributed by atoms with Crippen molar-refractivity contribution in [3.05, 3.63) is 76.1 Å². The molecule has 0 saturated heterocycles. The molecule has 1 aromatic heterocycles. The van der Waals surface area contributed by atoms with Gasteiger partial charge in [0, 0.05) is 12.3 Å². The van der Waals surface area contributed by atoms with E-state index in [4.69, 9.17) is 9.15 Å². The van der Waals surface area contributed by atoms with Gasteiger partial charge in [0.1, 0.15) is 11.3 Å². The maximum Gasteiger partial charge on any atom is 0.455 e. The number of ether oxygens (including phenoxy) is 1. The van der Waals surface area contributed by atoms with Crippen LogP contribution in [0.5, 0.6) is 5.75 Å². The number of rotatable bonds is 1. The Balaban J connectivity index is 2.04. The SMILES string of the molecule is O=c1oc2ccccc2c2c1[C@@H](c1ccccc1)C[C@@](O)(C(F)(F)F)O2. The molecule has 0 bridgehead atoms. The molecule has 4 rings (SSSR count). The number of para-hydroxylation sites is 1. The van der Waals surface area contributed by atoms with E-state index in [9.17, 15) is 23.1 Å². The average Bonchev–Trinajstić information content (AvgIpc) is 2.61. The lowest BCUT2D eigenvalue weighted by atomic mass is 9.83. The number of hydrogen-bond donors (Lipinski definition) is 1. The first-order valence-corrected chi connectivity index (χ1v) is 7.89. The van der Waals surface area contributed by atoms with Crippen LogP contribution in [0.2, 0.25) is 0 Å². The summed E-state index contributed by atoms with van der Waals surface area (Å²) in [6.07, 6.45) is -5.87. The van der Waals surface area contributed by atoms with Gasteiger partial charge in [-0.3, -0.25) is 0 Å². The van der Waals surface area contributed by atoms with Gasteiger partial charge in [0.15, 0.2) is 0 Å². The van der Waals surface area contributed by atoms with Crippen LogP contribution in [0.25, 0.3) is 11.0 Å². The Bertz CT molecular complexity index is 1030. The second-order valence-electron chi connectivity index (χ2n) is 6.18. The molecule has 2 heterocycles. The summed E-state index contributed by atoms with van der Waals surface area (Å²) in [6.45, 7) is 0. The Morgan fingerprint density at radius 1 is 1.04 bits per heavy atom. The van der Waals surface area contributed by atoms with E-state index in [0.717, 1.165) is 0 Å². The van der Waals surface area contributed by atoms with Gasteiger partial charge in [-0.25, -0.2) is 4.79 Å². The summed E-state index contributed by atoms with van der Waals surface area (Å²) in [6, 6.07) is 14.3. The van der Waals surface area contributed by atoms with Crippen LogP contribution < -0.4 is 10.4 Å². The number of fused-ring (bicyclic) bond motifs is 3. The minimum atomic E-state index is -5.03. The summed E-state index contributed by atoms with van der Waals surface area (Å²) in [7, 11) is 0. The molecular weight excluding hydrogens is 349 g/mol. The van der Waals surface area contributed by atoms with Gasteiger partial charge in [0.2, 0.25) is 0 Å². The summed E-state index contributed by atoms with van der Waals surface area (Å²) in [5.41, 5.74) is -0.252. The van der Waals surface area contributed by atoms with E-state index in [2.05, 4.69) is 0 Å². The summed E-state index contributed by atoms with van der Waals surface area (Å²) in [4.78, 5) is 12.5. The molecule has 0 amide bonds. The maximum absolute atomic E-state index is 13.5. The van der Waals surface area contributed by atoms with E-state index in [1.54, 1.807) is 42.5 Å². The molecule has 3 aromatic rings. The van der Waals surface area contributed by atoms with Gasteiger partial charge in [-0.05, 0) is 17.7 Å². The second-order valence-corrected chi connectivity index (χ2v) is 6.18. The van der Waals surface area contributed by atoms with Crippen molar-refractivity contribution >= 4 is 11.0 Å². The maximum atomic E-state index is 13.5. The van der Waals surface area contributed by atoms with Crippen molar-refractivity contribution < 1.29 is 27.4 Å². The van der Waals surface area contributed by atoms with Crippen LogP contribution in [0.1, 0.15) is 23.5 Å². The summed E-state index contributed by atoms with van der Waals surface area (Å²) >= 11 is 0. The molecule has 1 aliphatic heterocycles. The predicted octanol–water partition coefficient (Wildman–Crippen LogP) is 3.96. The van der Waals surface area contributed by atoms with Crippen LogP contribution in [0.3, 0.4) is 0 Å².